The molecule has 104 valence electrons. The molecule has 0 atom stereocenters. The van der Waals surface area contributed by atoms with Crippen LogP contribution in [-0.4, -0.2) is 20.2 Å². The van der Waals surface area contributed by atoms with Gasteiger partial charge in [-0.15, -0.1) is 0 Å². The van der Waals surface area contributed by atoms with E-state index in [-0.39, 0.29) is 5.91 Å². The Hall–Kier alpha value is -1.82. The van der Waals surface area contributed by atoms with E-state index < -0.39 is 0 Å². The minimum Gasteiger partial charge on any atom is -0.306 e. The van der Waals surface area contributed by atoms with Crippen molar-refractivity contribution in [1.29, 1.82) is 0 Å². The van der Waals surface area contributed by atoms with E-state index in [2.05, 4.69) is 19.7 Å². The summed E-state index contributed by atoms with van der Waals surface area (Å²) >= 11 is 1.29. The van der Waals surface area contributed by atoms with Crippen LogP contribution in [0.25, 0.3) is 0 Å². The highest BCUT2D eigenvalue weighted by molar-refractivity contribution is 7.04. The zero-order valence-electron chi connectivity index (χ0n) is 11.3. The molecule has 1 aliphatic rings. The number of anilines is 1. The van der Waals surface area contributed by atoms with Gasteiger partial charge in [0.25, 0.3) is 5.91 Å². The number of aromatic nitrogens is 3. The van der Waals surface area contributed by atoms with E-state index in [9.17, 15) is 4.79 Å². The maximum Gasteiger partial charge on any atom is 0.259 e. The van der Waals surface area contributed by atoms with Crippen LogP contribution in [0.5, 0.6) is 0 Å². The van der Waals surface area contributed by atoms with Gasteiger partial charge in [0, 0.05) is 17.5 Å². The second kappa shape index (κ2) is 5.66. The third kappa shape index (κ3) is 2.70. The van der Waals surface area contributed by atoms with E-state index in [1.54, 1.807) is 17.6 Å². The van der Waals surface area contributed by atoms with Crippen molar-refractivity contribution in [3.63, 3.8) is 0 Å². The van der Waals surface area contributed by atoms with Crippen LogP contribution in [0, 0.1) is 6.92 Å². The summed E-state index contributed by atoms with van der Waals surface area (Å²) in [7, 11) is 0. The van der Waals surface area contributed by atoms with Crippen molar-refractivity contribution >= 4 is 23.3 Å². The Kier molecular flexibility index (Phi) is 3.73. The first-order valence-corrected chi connectivity index (χ1v) is 7.63. The minimum atomic E-state index is -0.160. The average Bonchev–Trinajstić information content (AvgIpc) is 3.09. The van der Waals surface area contributed by atoms with Crippen molar-refractivity contribution in [1.82, 2.24) is 14.3 Å². The Labute approximate surface area is 121 Å². The van der Waals surface area contributed by atoms with Gasteiger partial charge in [-0.25, -0.2) is 9.97 Å². The SMILES string of the molecule is Cc1nscc1C(=O)Nc1ccnc(C2CCCC2)n1. The molecule has 0 saturated heterocycles. The molecule has 1 fully saturated rings. The molecule has 3 rings (SSSR count). The van der Waals surface area contributed by atoms with Gasteiger partial charge in [-0.2, -0.15) is 4.37 Å². The third-order valence-corrected chi connectivity index (χ3v) is 4.35. The van der Waals surface area contributed by atoms with E-state index in [1.165, 1.54) is 24.4 Å². The van der Waals surface area contributed by atoms with E-state index in [1.807, 2.05) is 6.92 Å². The summed E-state index contributed by atoms with van der Waals surface area (Å²) in [4.78, 5) is 20.9. The van der Waals surface area contributed by atoms with Gasteiger partial charge in [0.2, 0.25) is 0 Å². The van der Waals surface area contributed by atoms with Crippen molar-refractivity contribution in [3.05, 3.63) is 34.7 Å². The highest BCUT2D eigenvalue weighted by Crippen LogP contribution is 2.32. The highest BCUT2D eigenvalue weighted by Gasteiger charge is 2.20. The molecule has 2 aromatic heterocycles. The first-order chi connectivity index (χ1) is 9.74. The molecule has 0 bridgehead atoms. The molecule has 1 saturated carbocycles. The average molecular weight is 288 g/mol. The number of carbonyl (C=O) groups excluding carboxylic acids is 1. The summed E-state index contributed by atoms with van der Waals surface area (Å²) in [6.45, 7) is 1.83. The van der Waals surface area contributed by atoms with Crippen LogP contribution in [0.1, 0.15) is 53.5 Å². The summed E-state index contributed by atoms with van der Waals surface area (Å²) in [5.41, 5.74) is 1.36. The van der Waals surface area contributed by atoms with Crippen molar-refractivity contribution < 1.29 is 4.79 Å². The van der Waals surface area contributed by atoms with Gasteiger partial charge in [-0.3, -0.25) is 4.79 Å². The van der Waals surface area contributed by atoms with Crippen molar-refractivity contribution in [2.24, 2.45) is 0 Å². The lowest BCUT2D eigenvalue weighted by Gasteiger charge is -2.09. The Morgan fingerprint density at radius 3 is 2.90 bits per heavy atom. The summed E-state index contributed by atoms with van der Waals surface area (Å²) in [5.74, 6) is 1.70. The highest BCUT2D eigenvalue weighted by atomic mass is 32.1. The van der Waals surface area contributed by atoms with E-state index in [0.29, 0.717) is 17.3 Å². The monoisotopic (exact) mass is 288 g/mol. The lowest BCUT2D eigenvalue weighted by atomic mass is 10.1. The maximum atomic E-state index is 12.1. The fourth-order valence-electron chi connectivity index (χ4n) is 2.52. The predicted molar refractivity (Wildman–Crippen MR) is 78.0 cm³/mol. The standard InChI is InChI=1S/C14H16N4OS/c1-9-11(8-20-18-9)14(19)17-12-6-7-15-13(16-12)10-4-2-3-5-10/h6-8,10H,2-5H2,1H3,(H,15,16,17,19). The largest absolute Gasteiger partial charge is 0.306 e. The molecule has 2 heterocycles. The Morgan fingerprint density at radius 2 is 2.20 bits per heavy atom. The van der Waals surface area contributed by atoms with Gasteiger partial charge < -0.3 is 5.32 Å². The van der Waals surface area contributed by atoms with Gasteiger partial charge in [0.05, 0.1) is 11.3 Å². The summed E-state index contributed by atoms with van der Waals surface area (Å²) in [5, 5.41) is 4.58. The fraction of sp³-hybridized carbons (Fsp3) is 0.429. The zero-order valence-corrected chi connectivity index (χ0v) is 12.1. The smallest absolute Gasteiger partial charge is 0.259 e. The maximum absolute atomic E-state index is 12.1. The van der Waals surface area contributed by atoms with E-state index in [0.717, 1.165) is 24.4 Å². The predicted octanol–water partition coefficient (Wildman–Crippen LogP) is 3.15. The zero-order chi connectivity index (χ0) is 13.9. The Bertz CT molecular complexity index is 619. The lowest BCUT2D eigenvalue weighted by molar-refractivity contribution is 0.102. The quantitative estimate of drug-likeness (QED) is 0.942. The number of hydrogen-bond acceptors (Lipinski definition) is 5. The summed E-state index contributed by atoms with van der Waals surface area (Å²) in [6.07, 6.45) is 6.49. The lowest BCUT2D eigenvalue weighted by Crippen LogP contribution is -2.14. The van der Waals surface area contributed by atoms with Crippen LogP contribution < -0.4 is 5.32 Å². The molecule has 5 nitrogen and oxygen atoms in total. The Morgan fingerprint density at radius 1 is 1.40 bits per heavy atom. The molecule has 0 radical (unpaired) electrons. The van der Waals surface area contributed by atoms with Gasteiger partial charge >= 0.3 is 0 Å². The molecule has 0 spiro atoms. The molecule has 6 heteroatoms. The number of rotatable bonds is 3. The molecular weight excluding hydrogens is 272 g/mol. The number of aryl methyl sites for hydroxylation is 1. The number of amides is 1. The minimum absolute atomic E-state index is 0.160. The number of hydrogen-bond donors (Lipinski definition) is 1. The topological polar surface area (TPSA) is 67.8 Å². The number of carbonyl (C=O) groups is 1. The van der Waals surface area contributed by atoms with Crippen molar-refractivity contribution in [2.45, 2.75) is 38.5 Å². The van der Waals surface area contributed by atoms with Crippen molar-refractivity contribution in [2.75, 3.05) is 5.32 Å². The number of nitrogens with zero attached hydrogens (tertiary/aromatic N) is 3. The van der Waals surface area contributed by atoms with Crippen LogP contribution in [0.4, 0.5) is 5.82 Å². The second-order valence-electron chi connectivity index (χ2n) is 5.05. The molecule has 1 amide bonds. The Balaban J connectivity index is 1.76. The second-order valence-corrected chi connectivity index (χ2v) is 5.68. The van der Waals surface area contributed by atoms with E-state index in [4.69, 9.17) is 0 Å². The molecule has 2 aromatic rings. The molecular formula is C14H16N4OS. The normalized spacial score (nSPS) is 15.4. The molecule has 0 unspecified atom stereocenters. The first-order valence-electron chi connectivity index (χ1n) is 6.79. The third-order valence-electron chi connectivity index (χ3n) is 3.63. The molecule has 1 aliphatic carbocycles. The fourth-order valence-corrected chi connectivity index (χ4v) is 3.21. The number of nitrogens with one attached hydrogen (secondary N) is 1. The van der Waals surface area contributed by atoms with E-state index >= 15 is 0 Å². The van der Waals surface area contributed by atoms with Crippen LogP contribution in [0.15, 0.2) is 17.6 Å². The van der Waals surface area contributed by atoms with Gasteiger partial charge in [0.1, 0.15) is 11.6 Å². The molecule has 1 N–H and O–H groups in total. The summed E-state index contributed by atoms with van der Waals surface area (Å²) in [6, 6.07) is 1.73. The molecule has 20 heavy (non-hydrogen) atoms. The van der Waals surface area contributed by atoms with Gasteiger partial charge in [-0.1, -0.05) is 12.8 Å². The molecule has 0 aromatic carbocycles. The van der Waals surface area contributed by atoms with Crippen molar-refractivity contribution in [3.8, 4) is 0 Å². The first kappa shape index (κ1) is 13.2. The van der Waals surface area contributed by atoms with Crippen LogP contribution in [-0.2, 0) is 0 Å². The van der Waals surface area contributed by atoms with Gasteiger partial charge in [-0.05, 0) is 37.4 Å². The van der Waals surface area contributed by atoms with Crippen LogP contribution >= 0.6 is 11.5 Å². The summed E-state index contributed by atoms with van der Waals surface area (Å²) < 4.78 is 4.11. The van der Waals surface area contributed by atoms with Crippen LogP contribution in [0.3, 0.4) is 0 Å². The molecule has 0 aliphatic heterocycles. The van der Waals surface area contributed by atoms with Gasteiger partial charge in [0.15, 0.2) is 0 Å². The van der Waals surface area contributed by atoms with Crippen LogP contribution in [0.2, 0.25) is 0 Å².